The predicted molar refractivity (Wildman–Crippen MR) is 68.3 cm³/mol. The average Bonchev–Trinajstić information content (AvgIpc) is 2.40. The standard InChI is InChI=1S/C14H19NO3/c15-12(14(16)17)9-10-4-6-11(7-5-10)13-3-1-2-8-18-13/h4-7,12-13H,1-3,8-9,15H2,(H,16,17)/t12-,13?/m0/s1. The van der Waals surface area contributed by atoms with Gasteiger partial charge in [0, 0.05) is 6.61 Å². The van der Waals surface area contributed by atoms with Crippen LogP contribution in [0.5, 0.6) is 0 Å². The summed E-state index contributed by atoms with van der Waals surface area (Å²) in [7, 11) is 0. The highest BCUT2D eigenvalue weighted by molar-refractivity contribution is 5.73. The number of hydrogen-bond acceptors (Lipinski definition) is 3. The molecule has 0 radical (unpaired) electrons. The van der Waals surface area contributed by atoms with Gasteiger partial charge in [0.1, 0.15) is 6.04 Å². The molecule has 0 aliphatic carbocycles. The Morgan fingerprint density at radius 2 is 2.11 bits per heavy atom. The van der Waals surface area contributed by atoms with Crippen molar-refractivity contribution in [3.05, 3.63) is 35.4 Å². The van der Waals surface area contributed by atoms with Crippen molar-refractivity contribution in [3.63, 3.8) is 0 Å². The summed E-state index contributed by atoms with van der Waals surface area (Å²) < 4.78 is 5.70. The van der Waals surface area contributed by atoms with Crippen LogP contribution in [0.4, 0.5) is 0 Å². The lowest BCUT2D eigenvalue weighted by Gasteiger charge is -2.23. The van der Waals surface area contributed by atoms with E-state index in [0.29, 0.717) is 6.42 Å². The van der Waals surface area contributed by atoms with Crippen LogP contribution in [0.2, 0.25) is 0 Å². The highest BCUT2D eigenvalue weighted by atomic mass is 16.5. The van der Waals surface area contributed by atoms with Crippen LogP contribution in [0.1, 0.15) is 36.5 Å². The molecule has 2 rings (SSSR count). The lowest BCUT2D eigenvalue weighted by atomic mass is 9.98. The number of carbonyl (C=O) groups is 1. The van der Waals surface area contributed by atoms with E-state index in [-0.39, 0.29) is 6.10 Å². The fourth-order valence-electron chi connectivity index (χ4n) is 2.21. The first kappa shape index (κ1) is 13.1. The quantitative estimate of drug-likeness (QED) is 0.854. The summed E-state index contributed by atoms with van der Waals surface area (Å²) >= 11 is 0. The normalized spacial score (nSPS) is 21.5. The summed E-state index contributed by atoms with van der Waals surface area (Å²) in [6, 6.07) is 7.08. The number of rotatable bonds is 4. The highest BCUT2D eigenvalue weighted by Gasteiger charge is 2.16. The van der Waals surface area contributed by atoms with Crippen LogP contribution in [-0.2, 0) is 16.0 Å². The van der Waals surface area contributed by atoms with E-state index >= 15 is 0 Å². The molecule has 1 aromatic carbocycles. The van der Waals surface area contributed by atoms with Crippen molar-refractivity contribution < 1.29 is 14.6 Å². The van der Waals surface area contributed by atoms with Crippen LogP contribution in [0, 0.1) is 0 Å². The number of carboxylic acids is 1. The molecule has 1 heterocycles. The number of carboxylic acid groups (broad SMARTS) is 1. The Hall–Kier alpha value is -1.39. The minimum atomic E-state index is -0.963. The van der Waals surface area contributed by atoms with Crippen LogP contribution in [0.15, 0.2) is 24.3 Å². The lowest BCUT2D eigenvalue weighted by Crippen LogP contribution is -2.32. The van der Waals surface area contributed by atoms with Gasteiger partial charge in [-0.15, -0.1) is 0 Å². The zero-order valence-electron chi connectivity index (χ0n) is 10.3. The van der Waals surface area contributed by atoms with E-state index < -0.39 is 12.0 Å². The van der Waals surface area contributed by atoms with E-state index in [2.05, 4.69) is 0 Å². The molecule has 3 N–H and O–H groups in total. The van der Waals surface area contributed by atoms with Gasteiger partial charge in [-0.3, -0.25) is 4.79 Å². The molecular formula is C14H19NO3. The molecule has 1 saturated heterocycles. The van der Waals surface area contributed by atoms with E-state index in [4.69, 9.17) is 15.6 Å². The van der Waals surface area contributed by atoms with Gasteiger partial charge in [0.15, 0.2) is 0 Å². The molecule has 0 bridgehead atoms. The second-order valence-electron chi connectivity index (χ2n) is 4.75. The van der Waals surface area contributed by atoms with Gasteiger partial charge >= 0.3 is 5.97 Å². The molecule has 1 unspecified atom stereocenters. The minimum Gasteiger partial charge on any atom is -0.480 e. The van der Waals surface area contributed by atoms with Crippen molar-refractivity contribution in [1.29, 1.82) is 0 Å². The molecule has 18 heavy (non-hydrogen) atoms. The molecule has 1 aromatic rings. The molecule has 1 fully saturated rings. The second-order valence-corrected chi connectivity index (χ2v) is 4.75. The molecule has 1 aliphatic heterocycles. The van der Waals surface area contributed by atoms with Gasteiger partial charge in [-0.25, -0.2) is 0 Å². The molecule has 98 valence electrons. The number of hydrogen-bond donors (Lipinski definition) is 2. The van der Waals surface area contributed by atoms with E-state index in [1.54, 1.807) is 0 Å². The predicted octanol–water partition coefficient (Wildman–Crippen LogP) is 1.88. The van der Waals surface area contributed by atoms with E-state index in [1.165, 1.54) is 12.0 Å². The Labute approximate surface area is 107 Å². The smallest absolute Gasteiger partial charge is 0.320 e. The second kappa shape index (κ2) is 5.98. The molecule has 0 amide bonds. The maximum atomic E-state index is 10.7. The number of nitrogens with two attached hydrogens (primary N) is 1. The van der Waals surface area contributed by atoms with Gasteiger partial charge in [-0.2, -0.15) is 0 Å². The van der Waals surface area contributed by atoms with Crippen molar-refractivity contribution in [2.75, 3.05) is 6.61 Å². The Morgan fingerprint density at radius 1 is 1.39 bits per heavy atom. The van der Waals surface area contributed by atoms with E-state index in [9.17, 15) is 4.79 Å². The van der Waals surface area contributed by atoms with Gasteiger partial charge in [0.2, 0.25) is 0 Å². The zero-order chi connectivity index (χ0) is 13.0. The molecule has 1 aliphatic rings. The summed E-state index contributed by atoms with van der Waals surface area (Å²) in [6.45, 7) is 0.830. The Morgan fingerprint density at radius 3 is 2.67 bits per heavy atom. The molecule has 0 saturated carbocycles. The van der Waals surface area contributed by atoms with Crippen molar-refractivity contribution >= 4 is 5.97 Å². The Balaban J connectivity index is 1.98. The number of benzene rings is 1. The van der Waals surface area contributed by atoms with Crippen LogP contribution in [0.3, 0.4) is 0 Å². The third-order valence-corrected chi connectivity index (χ3v) is 3.30. The fourth-order valence-corrected chi connectivity index (χ4v) is 2.21. The van der Waals surface area contributed by atoms with Crippen molar-refractivity contribution in [2.24, 2.45) is 5.73 Å². The monoisotopic (exact) mass is 249 g/mol. The highest BCUT2D eigenvalue weighted by Crippen LogP contribution is 2.27. The van der Waals surface area contributed by atoms with E-state index in [1.807, 2.05) is 24.3 Å². The maximum Gasteiger partial charge on any atom is 0.320 e. The van der Waals surface area contributed by atoms with Crippen LogP contribution in [0.25, 0.3) is 0 Å². The fraction of sp³-hybridized carbons (Fsp3) is 0.500. The lowest BCUT2D eigenvalue weighted by molar-refractivity contribution is -0.138. The molecular weight excluding hydrogens is 230 g/mol. The average molecular weight is 249 g/mol. The van der Waals surface area contributed by atoms with Crippen LogP contribution in [-0.4, -0.2) is 23.7 Å². The first-order valence-electron chi connectivity index (χ1n) is 6.35. The third kappa shape index (κ3) is 3.31. The number of aliphatic carboxylic acids is 1. The number of ether oxygens (including phenoxy) is 1. The maximum absolute atomic E-state index is 10.7. The van der Waals surface area contributed by atoms with E-state index in [0.717, 1.165) is 25.0 Å². The molecule has 0 spiro atoms. The summed E-state index contributed by atoms with van der Waals surface area (Å²) in [4.78, 5) is 10.7. The SMILES string of the molecule is N[C@@H](Cc1ccc(C2CCCCO2)cc1)C(=O)O. The van der Waals surface area contributed by atoms with Gasteiger partial charge in [0.25, 0.3) is 0 Å². The van der Waals surface area contributed by atoms with Gasteiger partial charge in [0.05, 0.1) is 6.10 Å². The largest absolute Gasteiger partial charge is 0.480 e. The van der Waals surface area contributed by atoms with Crippen LogP contribution < -0.4 is 5.73 Å². The molecule has 0 aromatic heterocycles. The summed E-state index contributed by atoms with van der Waals surface area (Å²) in [5, 5.41) is 8.76. The molecule has 2 atom stereocenters. The van der Waals surface area contributed by atoms with Gasteiger partial charge < -0.3 is 15.6 Å². The van der Waals surface area contributed by atoms with Crippen molar-refractivity contribution in [1.82, 2.24) is 0 Å². The van der Waals surface area contributed by atoms with Crippen molar-refractivity contribution in [3.8, 4) is 0 Å². The Bertz CT molecular complexity index is 396. The Kier molecular flexibility index (Phi) is 4.33. The van der Waals surface area contributed by atoms with Crippen molar-refractivity contribution in [2.45, 2.75) is 37.8 Å². The summed E-state index contributed by atoms with van der Waals surface area (Å²) in [6.07, 6.45) is 3.97. The zero-order valence-corrected chi connectivity index (χ0v) is 10.3. The summed E-state index contributed by atoms with van der Waals surface area (Å²) in [5.41, 5.74) is 7.62. The van der Waals surface area contributed by atoms with Gasteiger partial charge in [-0.05, 0) is 36.8 Å². The van der Waals surface area contributed by atoms with Gasteiger partial charge in [-0.1, -0.05) is 24.3 Å². The minimum absolute atomic E-state index is 0.195. The summed E-state index contributed by atoms with van der Waals surface area (Å²) in [5.74, 6) is -0.963. The third-order valence-electron chi connectivity index (χ3n) is 3.30. The molecule has 4 nitrogen and oxygen atoms in total. The topological polar surface area (TPSA) is 72.5 Å². The molecule has 4 heteroatoms. The first-order chi connectivity index (χ1) is 8.66. The van der Waals surface area contributed by atoms with Crippen LogP contribution >= 0.6 is 0 Å². The first-order valence-corrected chi connectivity index (χ1v) is 6.35.